The van der Waals surface area contributed by atoms with Gasteiger partial charge >= 0.3 is 0 Å². The van der Waals surface area contributed by atoms with Crippen LogP contribution < -0.4 is 10.1 Å². The van der Waals surface area contributed by atoms with Gasteiger partial charge in [-0.25, -0.2) is 0 Å². The molecule has 3 aliphatic heterocycles. The van der Waals surface area contributed by atoms with Crippen molar-refractivity contribution in [3.05, 3.63) is 64.7 Å². The fraction of sp³-hybridized carbons (Fsp3) is 0.429. The molecule has 0 bridgehead atoms. The summed E-state index contributed by atoms with van der Waals surface area (Å²) in [6.07, 6.45) is 1.43. The van der Waals surface area contributed by atoms with Crippen molar-refractivity contribution in [3.8, 4) is 5.75 Å². The van der Waals surface area contributed by atoms with E-state index in [1.54, 1.807) is 17.0 Å². The molecule has 1 unspecified atom stereocenters. The van der Waals surface area contributed by atoms with Crippen LogP contribution in [0.15, 0.2) is 42.5 Å². The normalized spacial score (nSPS) is 19.7. The Morgan fingerprint density at radius 2 is 1.82 bits per heavy atom. The third kappa shape index (κ3) is 5.87. The number of piperidine rings is 1. The van der Waals surface area contributed by atoms with Crippen LogP contribution in [0.3, 0.4) is 0 Å². The van der Waals surface area contributed by atoms with Gasteiger partial charge in [-0.15, -0.1) is 0 Å². The molecule has 5 rings (SSSR count). The zero-order valence-corrected chi connectivity index (χ0v) is 21.3. The lowest BCUT2D eigenvalue weighted by Crippen LogP contribution is -2.52. The Kier molecular flexibility index (Phi) is 8.00. The highest BCUT2D eigenvalue weighted by atomic mass is 16.5. The lowest BCUT2D eigenvalue weighted by molar-refractivity contribution is -0.137. The molecule has 0 spiro atoms. The molecule has 4 amide bonds. The largest absolute Gasteiger partial charge is 0.489 e. The van der Waals surface area contributed by atoms with Crippen LogP contribution in [0.2, 0.25) is 0 Å². The minimum absolute atomic E-state index is 0.217. The highest BCUT2D eigenvalue weighted by molar-refractivity contribution is 6.05. The molecule has 1 N–H and O–H groups in total. The molecule has 0 aromatic heterocycles. The smallest absolute Gasteiger partial charge is 0.255 e. The highest BCUT2D eigenvalue weighted by Crippen LogP contribution is 2.34. The first-order valence-corrected chi connectivity index (χ1v) is 13.0. The number of imide groups is 1. The van der Waals surface area contributed by atoms with Crippen molar-refractivity contribution in [2.75, 3.05) is 39.4 Å². The maximum Gasteiger partial charge on any atom is 0.255 e. The van der Waals surface area contributed by atoms with Crippen LogP contribution in [0.4, 0.5) is 0 Å². The Labute approximate surface area is 221 Å². The third-order valence-electron chi connectivity index (χ3n) is 7.30. The van der Waals surface area contributed by atoms with Gasteiger partial charge in [0, 0.05) is 50.3 Å². The van der Waals surface area contributed by atoms with Crippen LogP contribution >= 0.6 is 0 Å². The predicted molar refractivity (Wildman–Crippen MR) is 137 cm³/mol. The summed E-state index contributed by atoms with van der Waals surface area (Å²) < 4.78 is 11.5. The lowest BCUT2D eigenvalue weighted by atomic mass is 10.0. The van der Waals surface area contributed by atoms with Crippen LogP contribution in [-0.4, -0.2) is 84.3 Å². The molecule has 200 valence electrons. The average Bonchev–Trinajstić information content (AvgIpc) is 3.27. The highest BCUT2D eigenvalue weighted by Gasteiger charge is 2.40. The monoisotopic (exact) mass is 520 g/mol. The van der Waals surface area contributed by atoms with Gasteiger partial charge in [0.2, 0.25) is 18.2 Å². The van der Waals surface area contributed by atoms with Crippen LogP contribution in [0.5, 0.6) is 5.75 Å². The number of rotatable bonds is 10. The molecule has 3 aliphatic rings. The Morgan fingerprint density at radius 3 is 2.55 bits per heavy atom. The first kappa shape index (κ1) is 25.9. The van der Waals surface area contributed by atoms with Crippen molar-refractivity contribution >= 4 is 24.1 Å². The van der Waals surface area contributed by atoms with Crippen molar-refractivity contribution in [1.29, 1.82) is 0 Å². The number of nitrogens with zero attached hydrogens (tertiary/aromatic N) is 3. The summed E-state index contributed by atoms with van der Waals surface area (Å²) in [5.41, 5.74) is 3.27. The van der Waals surface area contributed by atoms with Gasteiger partial charge in [0.1, 0.15) is 18.4 Å². The van der Waals surface area contributed by atoms with Crippen molar-refractivity contribution in [1.82, 2.24) is 20.0 Å². The van der Waals surface area contributed by atoms with Gasteiger partial charge in [-0.2, -0.15) is 0 Å². The number of fused-ring (bicyclic) bond motifs is 1. The number of ether oxygens (including phenoxy) is 2. The molecule has 3 heterocycles. The number of benzene rings is 2. The number of carbonyl (C=O) groups excluding carboxylic acids is 4. The number of amides is 4. The van der Waals surface area contributed by atoms with Gasteiger partial charge in [-0.1, -0.05) is 30.3 Å². The van der Waals surface area contributed by atoms with E-state index in [0.717, 1.165) is 55.9 Å². The summed E-state index contributed by atoms with van der Waals surface area (Å²) >= 11 is 0. The predicted octanol–water partition coefficient (Wildman–Crippen LogP) is 1.32. The van der Waals surface area contributed by atoms with E-state index in [1.807, 2.05) is 30.3 Å². The van der Waals surface area contributed by atoms with Gasteiger partial charge in [0.05, 0.1) is 19.8 Å². The van der Waals surface area contributed by atoms with Crippen molar-refractivity contribution in [3.63, 3.8) is 0 Å². The Bertz CT molecular complexity index is 1190. The second-order valence-electron chi connectivity index (χ2n) is 9.82. The summed E-state index contributed by atoms with van der Waals surface area (Å²) in [5.74, 6) is -0.362. The number of carbonyl (C=O) groups is 4. The zero-order valence-electron chi connectivity index (χ0n) is 21.3. The summed E-state index contributed by atoms with van der Waals surface area (Å²) in [6.45, 7) is 5.90. The maximum atomic E-state index is 13.0. The topological polar surface area (TPSA) is 108 Å². The fourth-order valence-electron chi connectivity index (χ4n) is 5.09. The van der Waals surface area contributed by atoms with E-state index < -0.39 is 11.9 Å². The lowest BCUT2D eigenvalue weighted by Gasteiger charge is -2.29. The van der Waals surface area contributed by atoms with Crippen LogP contribution in [0.25, 0.3) is 0 Å². The second-order valence-corrected chi connectivity index (χ2v) is 9.82. The van der Waals surface area contributed by atoms with E-state index in [0.29, 0.717) is 37.4 Å². The van der Waals surface area contributed by atoms with Gasteiger partial charge in [0.25, 0.3) is 5.91 Å². The van der Waals surface area contributed by atoms with Crippen molar-refractivity contribution in [2.24, 2.45) is 0 Å². The molecule has 0 aliphatic carbocycles. The maximum absolute atomic E-state index is 13.0. The standard InChI is InChI=1S/C28H32N4O6/c33-19-31(11-10-30-12-14-37-15-13-30)16-20-4-6-21(7-5-20)18-38-25-3-1-2-22-23(25)17-32(28(22)36)24-8-9-26(34)29-27(24)35/h1-7,19,24H,8-18H2,(H,29,34,35). The molecule has 2 fully saturated rings. The van der Waals surface area contributed by atoms with E-state index >= 15 is 0 Å². The van der Waals surface area contributed by atoms with Crippen LogP contribution in [0.1, 0.15) is 39.9 Å². The quantitative estimate of drug-likeness (QED) is 0.372. The summed E-state index contributed by atoms with van der Waals surface area (Å²) in [5, 5.41) is 2.32. The molecule has 2 aromatic carbocycles. The Morgan fingerprint density at radius 1 is 1.05 bits per heavy atom. The summed E-state index contributed by atoms with van der Waals surface area (Å²) in [7, 11) is 0. The Hall–Kier alpha value is -3.76. The Balaban J connectivity index is 1.16. The molecule has 10 nitrogen and oxygen atoms in total. The zero-order chi connectivity index (χ0) is 26.5. The van der Waals surface area contributed by atoms with Crippen LogP contribution in [0, 0.1) is 0 Å². The van der Waals surface area contributed by atoms with E-state index in [4.69, 9.17) is 9.47 Å². The van der Waals surface area contributed by atoms with Crippen molar-refractivity contribution in [2.45, 2.75) is 38.6 Å². The van der Waals surface area contributed by atoms with Gasteiger partial charge in [-0.05, 0) is 29.7 Å². The average molecular weight is 521 g/mol. The number of hydrogen-bond donors (Lipinski definition) is 1. The number of nitrogens with one attached hydrogen (secondary N) is 1. The summed E-state index contributed by atoms with van der Waals surface area (Å²) in [6, 6.07) is 12.6. The number of morpholine rings is 1. The minimum atomic E-state index is -0.659. The van der Waals surface area contributed by atoms with Crippen molar-refractivity contribution < 1.29 is 28.7 Å². The molecule has 1 atom stereocenters. The van der Waals surface area contributed by atoms with E-state index in [2.05, 4.69) is 10.2 Å². The van der Waals surface area contributed by atoms with Gasteiger partial charge in [0.15, 0.2) is 0 Å². The van der Waals surface area contributed by atoms with Gasteiger partial charge < -0.3 is 19.3 Å². The molecule has 0 radical (unpaired) electrons. The van der Waals surface area contributed by atoms with E-state index in [1.165, 1.54) is 4.90 Å². The molecule has 0 saturated carbocycles. The second kappa shape index (κ2) is 11.7. The molecule has 2 saturated heterocycles. The fourth-order valence-corrected chi connectivity index (χ4v) is 5.09. The van der Waals surface area contributed by atoms with Crippen LogP contribution in [-0.2, 0) is 38.8 Å². The molecular weight excluding hydrogens is 488 g/mol. The molecule has 38 heavy (non-hydrogen) atoms. The molecular formula is C28H32N4O6. The van der Waals surface area contributed by atoms with E-state index in [-0.39, 0.29) is 24.8 Å². The first-order chi connectivity index (χ1) is 18.5. The summed E-state index contributed by atoms with van der Waals surface area (Å²) in [4.78, 5) is 54.0. The molecule has 2 aromatic rings. The van der Waals surface area contributed by atoms with Gasteiger partial charge in [-0.3, -0.25) is 29.4 Å². The SMILES string of the molecule is O=CN(CCN1CCOCC1)Cc1ccc(COc2cccc3c2CN(C2CCC(=O)NC2=O)C3=O)cc1. The molecule has 10 heteroatoms. The van der Waals surface area contributed by atoms with E-state index in [9.17, 15) is 19.2 Å². The minimum Gasteiger partial charge on any atom is -0.489 e. The first-order valence-electron chi connectivity index (χ1n) is 13.0. The third-order valence-corrected chi connectivity index (χ3v) is 7.30. The number of hydrogen-bond acceptors (Lipinski definition) is 7.